The second-order valence-corrected chi connectivity index (χ2v) is 4.22. The number of carbonyl (C=O) groups is 1. The third kappa shape index (κ3) is 3.31. The average molecular weight is 259 g/mol. The van der Waals surface area contributed by atoms with Gasteiger partial charge in [-0.1, -0.05) is 0 Å². The number of anilines is 2. The molecule has 1 aromatic rings. The Morgan fingerprint density at radius 2 is 2.35 bits per heavy atom. The molecular formula is C10H17N3O3S. The lowest BCUT2D eigenvalue weighted by atomic mass is 10.3. The van der Waals surface area contributed by atoms with Gasteiger partial charge in [0.2, 0.25) is 0 Å². The minimum absolute atomic E-state index is 0.105. The summed E-state index contributed by atoms with van der Waals surface area (Å²) in [4.78, 5) is 13.6. The zero-order valence-electron chi connectivity index (χ0n) is 9.97. The summed E-state index contributed by atoms with van der Waals surface area (Å²) in [5.41, 5.74) is 5.98. The molecule has 0 unspecified atom stereocenters. The summed E-state index contributed by atoms with van der Waals surface area (Å²) in [6, 6.07) is 0. The van der Waals surface area contributed by atoms with Crippen molar-refractivity contribution in [3.63, 3.8) is 0 Å². The minimum Gasteiger partial charge on any atom is -0.462 e. The van der Waals surface area contributed by atoms with Crippen LogP contribution in [-0.2, 0) is 4.74 Å². The first-order valence-electron chi connectivity index (χ1n) is 5.36. The van der Waals surface area contributed by atoms with Crippen molar-refractivity contribution in [2.45, 2.75) is 13.3 Å². The number of ether oxygens (including phenoxy) is 1. The lowest BCUT2D eigenvalue weighted by molar-refractivity contribution is 0.0528. The zero-order valence-corrected chi connectivity index (χ0v) is 10.8. The van der Waals surface area contributed by atoms with Gasteiger partial charge < -0.3 is 20.5 Å². The molecule has 0 fully saturated rings. The van der Waals surface area contributed by atoms with Crippen LogP contribution in [0.5, 0.6) is 0 Å². The van der Waals surface area contributed by atoms with Gasteiger partial charge in [0, 0.05) is 20.2 Å². The molecule has 0 aliphatic carbocycles. The SMILES string of the molecule is CCOC(=O)c1c(N)nsc1N(C)CCCO. The smallest absolute Gasteiger partial charge is 0.345 e. The van der Waals surface area contributed by atoms with Crippen molar-refractivity contribution < 1.29 is 14.6 Å². The molecule has 0 atom stereocenters. The van der Waals surface area contributed by atoms with Crippen molar-refractivity contribution in [2.24, 2.45) is 0 Å². The highest BCUT2D eigenvalue weighted by atomic mass is 32.1. The molecule has 96 valence electrons. The Morgan fingerprint density at radius 3 is 2.94 bits per heavy atom. The first kappa shape index (κ1) is 13.7. The van der Waals surface area contributed by atoms with Gasteiger partial charge in [-0.15, -0.1) is 0 Å². The van der Waals surface area contributed by atoms with E-state index >= 15 is 0 Å². The Labute approximate surface area is 104 Å². The number of rotatable bonds is 6. The second-order valence-electron chi connectivity index (χ2n) is 3.47. The Hall–Kier alpha value is -1.34. The van der Waals surface area contributed by atoms with Crippen molar-refractivity contribution in [2.75, 3.05) is 37.4 Å². The van der Waals surface area contributed by atoms with Crippen LogP contribution in [0.4, 0.5) is 10.8 Å². The Kier molecular flexibility index (Phi) is 5.17. The summed E-state index contributed by atoms with van der Waals surface area (Å²) >= 11 is 1.16. The van der Waals surface area contributed by atoms with Crippen LogP contribution in [-0.4, -0.2) is 42.3 Å². The fraction of sp³-hybridized carbons (Fsp3) is 0.600. The standard InChI is InChI=1S/C10H17N3O3S/c1-3-16-10(15)7-8(11)12-17-9(7)13(2)5-4-6-14/h14H,3-6H2,1-2H3,(H2,11,12). The molecule has 0 bridgehead atoms. The minimum atomic E-state index is -0.454. The van der Waals surface area contributed by atoms with E-state index in [1.807, 2.05) is 11.9 Å². The Morgan fingerprint density at radius 1 is 1.65 bits per heavy atom. The van der Waals surface area contributed by atoms with Gasteiger partial charge in [0.1, 0.15) is 10.6 Å². The second kappa shape index (κ2) is 6.41. The number of aromatic nitrogens is 1. The predicted molar refractivity (Wildman–Crippen MR) is 67.5 cm³/mol. The zero-order chi connectivity index (χ0) is 12.8. The third-order valence-corrected chi connectivity index (χ3v) is 3.16. The number of hydrogen-bond donors (Lipinski definition) is 2. The lowest BCUT2D eigenvalue weighted by Gasteiger charge is -2.17. The molecular weight excluding hydrogens is 242 g/mol. The van der Waals surface area contributed by atoms with Gasteiger partial charge in [0.25, 0.3) is 0 Å². The van der Waals surface area contributed by atoms with Crippen molar-refractivity contribution in [3.8, 4) is 0 Å². The summed E-state index contributed by atoms with van der Waals surface area (Å²) in [7, 11) is 1.82. The summed E-state index contributed by atoms with van der Waals surface area (Å²) in [5.74, 6) is -0.260. The van der Waals surface area contributed by atoms with Crippen molar-refractivity contribution in [1.82, 2.24) is 4.37 Å². The number of nitrogens with two attached hydrogens (primary N) is 1. The van der Waals surface area contributed by atoms with Crippen LogP contribution in [0.3, 0.4) is 0 Å². The van der Waals surface area contributed by atoms with E-state index in [-0.39, 0.29) is 12.4 Å². The average Bonchev–Trinajstić information content (AvgIpc) is 2.68. The van der Waals surface area contributed by atoms with E-state index in [2.05, 4.69) is 4.37 Å². The molecule has 17 heavy (non-hydrogen) atoms. The molecule has 0 aromatic carbocycles. The Balaban J connectivity index is 2.88. The van der Waals surface area contributed by atoms with Gasteiger partial charge in [0.15, 0.2) is 5.82 Å². The maximum absolute atomic E-state index is 11.7. The number of nitrogens with zero attached hydrogens (tertiary/aromatic N) is 2. The van der Waals surface area contributed by atoms with E-state index in [0.717, 1.165) is 11.5 Å². The first-order chi connectivity index (χ1) is 8.11. The van der Waals surface area contributed by atoms with Crippen LogP contribution in [0, 0.1) is 0 Å². The number of carbonyl (C=O) groups excluding carboxylic acids is 1. The Bertz CT molecular complexity index is 381. The van der Waals surface area contributed by atoms with Crippen LogP contribution >= 0.6 is 11.5 Å². The van der Waals surface area contributed by atoms with Crippen molar-refractivity contribution in [3.05, 3.63) is 5.56 Å². The summed E-state index contributed by atoms with van der Waals surface area (Å²) < 4.78 is 8.90. The van der Waals surface area contributed by atoms with E-state index in [0.29, 0.717) is 30.1 Å². The van der Waals surface area contributed by atoms with Gasteiger partial charge >= 0.3 is 5.97 Å². The summed E-state index contributed by atoms with van der Waals surface area (Å²) in [6.45, 7) is 2.77. The normalized spacial score (nSPS) is 10.3. The lowest BCUT2D eigenvalue weighted by Crippen LogP contribution is -2.21. The summed E-state index contributed by atoms with van der Waals surface area (Å²) in [5, 5.41) is 9.45. The molecule has 0 radical (unpaired) electrons. The molecule has 3 N–H and O–H groups in total. The van der Waals surface area contributed by atoms with Gasteiger partial charge in [-0.2, -0.15) is 4.37 Å². The molecule has 1 heterocycles. The maximum Gasteiger partial charge on any atom is 0.345 e. The first-order valence-corrected chi connectivity index (χ1v) is 6.13. The van der Waals surface area contributed by atoms with Crippen LogP contribution in [0.2, 0.25) is 0 Å². The van der Waals surface area contributed by atoms with Gasteiger partial charge in [0.05, 0.1) is 6.61 Å². The van der Waals surface area contributed by atoms with Crippen molar-refractivity contribution in [1.29, 1.82) is 0 Å². The van der Waals surface area contributed by atoms with Gasteiger partial charge in [-0.25, -0.2) is 4.79 Å². The molecule has 0 saturated heterocycles. The highest BCUT2D eigenvalue weighted by molar-refractivity contribution is 7.11. The number of nitrogen functional groups attached to an aromatic ring is 1. The molecule has 0 aliphatic rings. The molecule has 0 spiro atoms. The maximum atomic E-state index is 11.7. The van der Waals surface area contributed by atoms with Crippen molar-refractivity contribution >= 4 is 28.3 Å². The van der Waals surface area contributed by atoms with E-state index in [1.165, 1.54) is 0 Å². The summed E-state index contributed by atoms with van der Waals surface area (Å²) in [6.07, 6.45) is 0.622. The number of hydrogen-bond acceptors (Lipinski definition) is 7. The molecule has 6 nitrogen and oxygen atoms in total. The number of esters is 1. The van der Waals surface area contributed by atoms with Crippen LogP contribution in [0.15, 0.2) is 0 Å². The topological polar surface area (TPSA) is 88.7 Å². The highest BCUT2D eigenvalue weighted by Gasteiger charge is 2.22. The molecule has 0 amide bonds. The molecule has 1 aromatic heterocycles. The monoisotopic (exact) mass is 259 g/mol. The quantitative estimate of drug-likeness (QED) is 0.732. The fourth-order valence-electron chi connectivity index (χ4n) is 1.36. The van der Waals surface area contributed by atoms with Crippen LogP contribution in [0.1, 0.15) is 23.7 Å². The van der Waals surface area contributed by atoms with Gasteiger partial charge in [-0.3, -0.25) is 0 Å². The fourth-order valence-corrected chi connectivity index (χ4v) is 2.14. The van der Waals surface area contributed by atoms with E-state index in [9.17, 15) is 4.79 Å². The highest BCUT2D eigenvalue weighted by Crippen LogP contribution is 2.30. The third-order valence-electron chi connectivity index (χ3n) is 2.18. The van der Waals surface area contributed by atoms with Crippen LogP contribution < -0.4 is 10.6 Å². The number of aliphatic hydroxyl groups excluding tert-OH is 1. The van der Waals surface area contributed by atoms with Crippen LogP contribution in [0.25, 0.3) is 0 Å². The largest absolute Gasteiger partial charge is 0.462 e. The number of aliphatic hydroxyl groups is 1. The van der Waals surface area contributed by atoms with E-state index in [1.54, 1.807) is 6.92 Å². The predicted octanol–water partition coefficient (Wildman–Crippen LogP) is 0.721. The molecule has 7 heteroatoms. The van der Waals surface area contributed by atoms with E-state index < -0.39 is 5.97 Å². The van der Waals surface area contributed by atoms with Gasteiger partial charge in [-0.05, 0) is 24.9 Å². The molecule has 1 rings (SSSR count). The molecule has 0 saturated carbocycles. The van der Waals surface area contributed by atoms with E-state index in [4.69, 9.17) is 15.6 Å². The molecule has 0 aliphatic heterocycles.